The van der Waals surface area contributed by atoms with Crippen molar-refractivity contribution in [2.75, 3.05) is 19.4 Å². The van der Waals surface area contributed by atoms with E-state index >= 15 is 0 Å². The summed E-state index contributed by atoms with van der Waals surface area (Å²) in [4.78, 5) is 4.23. The summed E-state index contributed by atoms with van der Waals surface area (Å²) in [5.41, 5.74) is 0. The molecule has 2 N–H and O–H groups in total. The van der Waals surface area contributed by atoms with Gasteiger partial charge in [0.1, 0.15) is 10.7 Å². The summed E-state index contributed by atoms with van der Waals surface area (Å²) in [6.45, 7) is 3.65. The summed E-state index contributed by atoms with van der Waals surface area (Å²) in [7, 11) is -0.481. The first-order valence-electron chi connectivity index (χ1n) is 6.06. The van der Waals surface area contributed by atoms with Gasteiger partial charge in [-0.15, -0.1) is 0 Å². The number of nitrogens with one attached hydrogen (secondary N) is 1. The molecule has 1 aromatic rings. The molecule has 0 bridgehead atoms. The molecule has 6 nitrogen and oxygen atoms in total. The molecule has 1 rings (SSSR count). The third-order valence-electron chi connectivity index (χ3n) is 2.60. The molecular formula is C12H21N3O3S. The van der Waals surface area contributed by atoms with E-state index in [0.29, 0.717) is 12.2 Å². The van der Waals surface area contributed by atoms with Crippen molar-refractivity contribution in [1.29, 1.82) is 0 Å². The predicted octanol–water partition coefficient (Wildman–Crippen LogP) is 0.903. The molecule has 0 saturated heterocycles. The number of hydrogen-bond acceptors (Lipinski definition) is 5. The van der Waals surface area contributed by atoms with E-state index in [1.54, 1.807) is 13.0 Å². The van der Waals surface area contributed by atoms with Crippen LogP contribution < -0.4 is 5.32 Å². The maximum Gasteiger partial charge on any atom is 0.244 e. The Morgan fingerprint density at radius 1 is 1.37 bits per heavy atom. The third kappa shape index (κ3) is 4.45. The van der Waals surface area contributed by atoms with Crippen molar-refractivity contribution in [3.8, 4) is 0 Å². The number of pyridine rings is 1. The summed E-state index contributed by atoms with van der Waals surface area (Å²) < 4.78 is 24.8. The Morgan fingerprint density at radius 2 is 2.00 bits per heavy atom. The van der Waals surface area contributed by atoms with E-state index in [1.807, 2.05) is 6.92 Å². The molecule has 0 aliphatic carbocycles. The summed E-state index contributed by atoms with van der Waals surface area (Å²) in [5, 5.41) is 12.4. The minimum absolute atomic E-state index is 0.0591. The number of nitrogens with zero attached hydrogens (tertiary/aromatic N) is 2. The molecule has 0 radical (unpaired) electrons. The highest BCUT2D eigenvalue weighted by molar-refractivity contribution is 7.89. The van der Waals surface area contributed by atoms with Crippen molar-refractivity contribution in [2.45, 2.75) is 37.3 Å². The Morgan fingerprint density at radius 3 is 2.42 bits per heavy atom. The van der Waals surface area contributed by atoms with Gasteiger partial charge in [-0.05, 0) is 32.4 Å². The van der Waals surface area contributed by atoms with Gasteiger partial charge in [0, 0.05) is 26.3 Å². The monoisotopic (exact) mass is 287 g/mol. The number of aliphatic hydroxyl groups is 1. The number of aliphatic hydroxyl groups excluding tert-OH is 1. The van der Waals surface area contributed by atoms with Crippen LogP contribution in [0.3, 0.4) is 0 Å². The van der Waals surface area contributed by atoms with Crippen molar-refractivity contribution >= 4 is 15.8 Å². The van der Waals surface area contributed by atoms with Crippen LogP contribution in [0.4, 0.5) is 5.82 Å². The summed E-state index contributed by atoms with van der Waals surface area (Å²) in [5.74, 6) is 0.589. The predicted molar refractivity (Wildman–Crippen MR) is 74.5 cm³/mol. The smallest absolute Gasteiger partial charge is 0.244 e. The lowest BCUT2D eigenvalue weighted by molar-refractivity contribution is 0.179. The average molecular weight is 287 g/mol. The van der Waals surface area contributed by atoms with E-state index < -0.39 is 16.1 Å². The van der Waals surface area contributed by atoms with E-state index in [2.05, 4.69) is 10.3 Å². The Balaban J connectivity index is 2.78. The van der Waals surface area contributed by atoms with Crippen molar-refractivity contribution in [2.24, 2.45) is 0 Å². The first kappa shape index (κ1) is 15.9. The molecule has 2 atom stereocenters. The lowest BCUT2D eigenvalue weighted by Crippen LogP contribution is -2.23. The first-order valence-corrected chi connectivity index (χ1v) is 7.50. The molecule has 19 heavy (non-hydrogen) atoms. The Hall–Kier alpha value is -1.18. The molecular weight excluding hydrogens is 266 g/mol. The van der Waals surface area contributed by atoms with Crippen LogP contribution in [0.5, 0.6) is 0 Å². The Labute approximate surface area is 114 Å². The molecule has 1 aromatic heterocycles. The third-order valence-corrected chi connectivity index (χ3v) is 4.40. The van der Waals surface area contributed by atoms with Gasteiger partial charge in [0.2, 0.25) is 10.0 Å². The maximum absolute atomic E-state index is 11.8. The van der Waals surface area contributed by atoms with Gasteiger partial charge in [-0.3, -0.25) is 0 Å². The average Bonchev–Trinajstić information content (AvgIpc) is 2.28. The number of aromatic nitrogens is 1. The molecule has 0 aromatic carbocycles. The Bertz CT molecular complexity index is 497. The van der Waals surface area contributed by atoms with Gasteiger partial charge in [0.15, 0.2) is 0 Å². The molecule has 0 aliphatic heterocycles. The number of anilines is 1. The fourth-order valence-electron chi connectivity index (χ4n) is 1.65. The van der Waals surface area contributed by atoms with Gasteiger partial charge < -0.3 is 10.4 Å². The van der Waals surface area contributed by atoms with Gasteiger partial charge in [-0.25, -0.2) is 17.7 Å². The molecule has 0 amide bonds. The van der Waals surface area contributed by atoms with Gasteiger partial charge >= 0.3 is 0 Å². The minimum atomic E-state index is -3.44. The van der Waals surface area contributed by atoms with E-state index in [1.165, 1.54) is 26.4 Å². The number of hydrogen-bond donors (Lipinski definition) is 2. The summed E-state index contributed by atoms with van der Waals surface area (Å²) in [6, 6.07) is 3.19. The van der Waals surface area contributed by atoms with Crippen LogP contribution in [0.15, 0.2) is 23.2 Å². The second kappa shape index (κ2) is 6.31. The van der Waals surface area contributed by atoms with Gasteiger partial charge in [0.05, 0.1) is 6.10 Å². The van der Waals surface area contributed by atoms with Crippen LogP contribution >= 0.6 is 0 Å². The number of rotatable bonds is 6. The first-order chi connectivity index (χ1) is 8.73. The van der Waals surface area contributed by atoms with Crippen molar-refractivity contribution in [1.82, 2.24) is 9.29 Å². The van der Waals surface area contributed by atoms with Gasteiger partial charge in [-0.2, -0.15) is 0 Å². The molecule has 0 aliphatic rings. The van der Waals surface area contributed by atoms with Gasteiger partial charge in [-0.1, -0.05) is 0 Å². The molecule has 2 unspecified atom stereocenters. The lowest BCUT2D eigenvalue weighted by atomic mass is 10.1. The fourth-order valence-corrected chi connectivity index (χ4v) is 2.50. The SMILES string of the molecule is CC(O)CC(C)Nc1ccc(S(=O)(=O)N(C)C)cn1. The van der Waals surface area contributed by atoms with Crippen molar-refractivity contribution < 1.29 is 13.5 Å². The van der Waals surface area contributed by atoms with E-state index in [0.717, 1.165) is 4.31 Å². The zero-order valence-corrected chi connectivity index (χ0v) is 12.5. The standard InChI is InChI=1S/C12H21N3O3S/c1-9(7-10(2)16)14-12-6-5-11(8-13-12)19(17,18)15(3)4/h5-6,8-10,16H,7H2,1-4H3,(H,13,14). The summed E-state index contributed by atoms with van der Waals surface area (Å²) >= 11 is 0. The second-order valence-electron chi connectivity index (χ2n) is 4.80. The molecule has 7 heteroatoms. The van der Waals surface area contributed by atoms with Crippen molar-refractivity contribution in [3.63, 3.8) is 0 Å². The zero-order chi connectivity index (χ0) is 14.6. The topological polar surface area (TPSA) is 82.5 Å². The highest BCUT2D eigenvalue weighted by atomic mass is 32.2. The summed E-state index contributed by atoms with van der Waals surface area (Å²) in [6.07, 6.45) is 1.53. The molecule has 0 saturated carbocycles. The van der Waals surface area contributed by atoms with Crippen LogP contribution in [0.25, 0.3) is 0 Å². The van der Waals surface area contributed by atoms with E-state index in [9.17, 15) is 13.5 Å². The number of sulfonamides is 1. The Kier molecular flexibility index (Phi) is 5.28. The normalized spacial score (nSPS) is 15.3. The molecule has 108 valence electrons. The molecule has 0 fully saturated rings. The van der Waals surface area contributed by atoms with Crippen LogP contribution in [0.1, 0.15) is 20.3 Å². The molecule has 1 heterocycles. The maximum atomic E-state index is 11.8. The quantitative estimate of drug-likeness (QED) is 0.812. The minimum Gasteiger partial charge on any atom is -0.393 e. The van der Waals surface area contributed by atoms with Crippen LogP contribution in [0.2, 0.25) is 0 Å². The van der Waals surface area contributed by atoms with E-state index in [4.69, 9.17) is 0 Å². The van der Waals surface area contributed by atoms with Gasteiger partial charge in [0.25, 0.3) is 0 Å². The van der Waals surface area contributed by atoms with E-state index in [-0.39, 0.29) is 10.9 Å². The van der Waals surface area contributed by atoms with Crippen LogP contribution in [-0.2, 0) is 10.0 Å². The fraction of sp³-hybridized carbons (Fsp3) is 0.583. The zero-order valence-electron chi connectivity index (χ0n) is 11.7. The van der Waals surface area contributed by atoms with Crippen molar-refractivity contribution in [3.05, 3.63) is 18.3 Å². The highest BCUT2D eigenvalue weighted by Gasteiger charge is 2.17. The lowest BCUT2D eigenvalue weighted by Gasteiger charge is -2.16. The molecule has 0 spiro atoms. The van der Waals surface area contributed by atoms with Crippen LogP contribution in [0, 0.1) is 0 Å². The van der Waals surface area contributed by atoms with Crippen LogP contribution in [-0.4, -0.2) is 49.1 Å². The highest BCUT2D eigenvalue weighted by Crippen LogP contribution is 2.15. The largest absolute Gasteiger partial charge is 0.393 e. The second-order valence-corrected chi connectivity index (χ2v) is 6.95.